The largest absolute Gasteiger partial charge is 0.481 e. The third-order valence-electron chi connectivity index (χ3n) is 3.40. The molecule has 1 aliphatic heterocycles. The van der Waals surface area contributed by atoms with Crippen molar-refractivity contribution in [2.45, 2.75) is 25.9 Å². The molecule has 0 bridgehead atoms. The second-order valence-corrected chi connectivity index (χ2v) is 4.69. The van der Waals surface area contributed by atoms with Crippen molar-refractivity contribution < 1.29 is 19.1 Å². The van der Waals surface area contributed by atoms with Gasteiger partial charge in [-0.05, 0) is 19.2 Å². The molecule has 1 fully saturated rings. The second kappa shape index (κ2) is 5.54. The van der Waals surface area contributed by atoms with Gasteiger partial charge in [-0.3, -0.25) is 9.69 Å². The molecule has 1 aromatic rings. The lowest BCUT2D eigenvalue weighted by Crippen LogP contribution is -2.40. The predicted molar refractivity (Wildman–Crippen MR) is 65.3 cm³/mol. The van der Waals surface area contributed by atoms with Crippen LogP contribution in [0.15, 0.2) is 16.5 Å². The minimum absolute atomic E-state index is 0.0855. The van der Waals surface area contributed by atoms with Crippen molar-refractivity contribution >= 4 is 5.97 Å². The van der Waals surface area contributed by atoms with Crippen molar-refractivity contribution in [1.29, 1.82) is 0 Å². The maximum atomic E-state index is 11.1. The minimum Gasteiger partial charge on any atom is -0.481 e. The summed E-state index contributed by atoms with van der Waals surface area (Å²) in [7, 11) is 1.91. The fourth-order valence-electron chi connectivity index (χ4n) is 2.27. The van der Waals surface area contributed by atoms with E-state index >= 15 is 0 Å². The average molecular weight is 253 g/mol. The van der Waals surface area contributed by atoms with E-state index in [2.05, 4.69) is 0 Å². The van der Waals surface area contributed by atoms with Crippen molar-refractivity contribution in [3.8, 4) is 0 Å². The number of furan rings is 1. The standard InChI is InChI=1S/C13H19NO4/c1-3-9-4-5-10(18-9)6-14(2)12-8-17-7-11(12)13(15)16/h4-5,11-12H,3,6-8H2,1-2H3,(H,15,16). The van der Waals surface area contributed by atoms with Crippen LogP contribution in [0.3, 0.4) is 0 Å². The van der Waals surface area contributed by atoms with Gasteiger partial charge in [0.2, 0.25) is 0 Å². The quantitative estimate of drug-likeness (QED) is 0.858. The highest BCUT2D eigenvalue weighted by atomic mass is 16.5. The first kappa shape index (κ1) is 13.1. The molecule has 1 aromatic heterocycles. The van der Waals surface area contributed by atoms with Crippen LogP contribution >= 0.6 is 0 Å². The Hall–Kier alpha value is -1.33. The van der Waals surface area contributed by atoms with E-state index in [9.17, 15) is 4.79 Å². The molecule has 0 aliphatic carbocycles. The predicted octanol–water partition coefficient (Wildman–Crippen LogP) is 1.37. The first-order valence-electron chi connectivity index (χ1n) is 6.20. The lowest BCUT2D eigenvalue weighted by molar-refractivity contribution is -0.143. The van der Waals surface area contributed by atoms with E-state index in [1.807, 2.05) is 31.0 Å². The Kier molecular flexibility index (Phi) is 4.04. The van der Waals surface area contributed by atoms with Crippen LogP contribution in [0, 0.1) is 5.92 Å². The van der Waals surface area contributed by atoms with Crippen LogP contribution in [0.1, 0.15) is 18.4 Å². The summed E-state index contributed by atoms with van der Waals surface area (Å²) >= 11 is 0. The molecular weight excluding hydrogens is 234 g/mol. The number of likely N-dealkylation sites (N-methyl/N-ethyl adjacent to an activating group) is 1. The van der Waals surface area contributed by atoms with E-state index < -0.39 is 11.9 Å². The van der Waals surface area contributed by atoms with Crippen molar-refractivity contribution in [1.82, 2.24) is 4.90 Å². The fraction of sp³-hybridized carbons (Fsp3) is 0.615. The maximum Gasteiger partial charge on any atom is 0.310 e. The summed E-state index contributed by atoms with van der Waals surface area (Å²) in [5, 5.41) is 9.11. The molecule has 0 aromatic carbocycles. The van der Waals surface area contributed by atoms with Crippen molar-refractivity contribution in [3.63, 3.8) is 0 Å². The lowest BCUT2D eigenvalue weighted by Gasteiger charge is -2.25. The fourth-order valence-corrected chi connectivity index (χ4v) is 2.27. The van der Waals surface area contributed by atoms with E-state index in [0.29, 0.717) is 19.8 Å². The number of carbonyl (C=O) groups is 1. The molecule has 5 heteroatoms. The number of aryl methyl sites for hydroxylation is 1. The van der Waals surface area contributed by atoms with E-state index in [1.54, 1.807) is 0 Å². The summed E-state index contributed by atoms with van der Waals surface area (Å²) in [4.78, 5) is 13.1. The monoisotopic (exact) mass is 253 g/mol. The molecule has 2 atom stereocenters. The maximum absolute atomic E-state index is 11.1. The highest BCUT2D eigenvalue weighted by Gasteiger charge is 2.36. The van der Waals surface area contributed by atoms with Gasteiger partial charge in [0.15, 0.2) is 0 Å². The number of hydrogen-bond donors (Lipinski definition) is 1. The van der Waals surface area contributed by atoms with Crippen LogP contribution < -0.4 is 0 Å². The normalized spacial score (nSPS) is 23.7. The molecule has 100 valence electrons. The van der Waals surface area contributed by atoms with E-state index in [1.165, 1.54) is 0 Å². The highest BCUT2D eigenvalue weighted by Crippen LogP contribution is 2.21. The number of nitrogens with zero attached hydrogens (tertiary/aromatic N) is 1. The van der Waals surface area contributed by atoms with Gasteiger partial charge >= 0.3 is 5.97 Å². The SMILES string of the molecule is CCc1ccc(CN(C)C2COCC2C(=O)O)o1. The van der Waals surface area contributed by atoms with Gasteiger partial charge in [0.1, 0.15) is 11.5 Å². The minimum atomic E-state index is -0.793. The molecule has 0 saturated carbocycles. The second-order valence-electron chi connectivity index (χ2n) is 4.69. The number of rotatable bonds is 5. The first-order chi connectivity index (χ1) is 8.61. The Balaban J connectivity index is 1.98. The lowest BCUT2D eigenvalue weighted by atomic mass is 10.0. The number of aliphatic carboxylic acids is 1. The van der Waals surface area contributed by atoms with Gasteiger partial charge in [0.25, 0.3) is 0 Å². The van der Waals surface area contributed by atoms with Gasteiger partial charge in [-0.25, -0.2) is 0 Å². The zero-order valence-corrected chi connectivity index (χ0v) is 10.8. The molecule has 0 spiro atoms. The van der Waals surface area contributed by atoms with Crippen LogP contribution in [0.2, 0.25) is 0 Å². The van der Waals surface area contributed by atoms with Crippen LogP contribution in [0.25, 0.3) is 0 Å². The number of hydrogen-bond acceptors (Lipinski definition) is 4. The number of ether oxygens (including phenoxy) is 1. The van der Waals surface area contributed by atoms with Crippen LogP contribution in [-0.4, -0.2) is 42.3 Å². The van der Waals surface area contributed by atoms with Crippen LogP contribution in [0.5, 0.6) is 0 Å². The zero-order valence-electron chi connectivity index (χ0n) is 10.8. The van der Waals surface area contributed by atoms with E-state index in [4.69, 9.17) is 14.3 Å². The van der Waals surface area contributed by atoms with Crippen LogP contribution in [0.4, 0.5) is 0 Å². The van der Waals surface area contributed by atoms with Gasteiger partial charge < -0.3 is 14.3 Å². The van der Waals surface area contributed by atoms with Crippen molar-refractivity contribution in [3.05, 3.63) is 23.7 Å². The Morgan fingerprint density at radius 3 is 2.78 bits per heavy atom. The summed E-state index contributed by atoms with van der Waals surface area (Å²) in [5.41, 5.74) is 0. The molecule has 1 saturated heterocycles. The van der Waals surface area contributed by atoms with Gasteiger partial charge in [-0.1, -0.05) is 6.92 Å². The van der Waals surface area contributed by atoms with Gasteiger partial charge in [0.05, 0.1) is 25.7 Å². The zero-order chi connectivity index (χ0) is 13.1. The summed E-state index contributed by atoms with van der Waals surface area (Å²) < 4.78 is 10.9. The summed E-state index contributed by atoms with van der Waals surface area (Å²) in [5.74, 6) is 0.579. The molecule has 2 unspecified atom stereocenters. The molecule has 18 heavy (non-hydrogen) atoms. The first-order valence-corrected chi connectivity index (χ1v) is 6.20. The number of carboxylic acids is 1. The molecular formula is C13H19NO4. The third-order valence-corrected chi connectivity index (χ3v) is 3.40. The molecule has 1 aliphatic rings. The van der Waals surface area contributed by atoms with Gasteiger partial charge in [-0.2, -0.15) is 0 Å². The van der Waals surface area contributed by atoms with Gasteiger partial charge in [0, 0.05) is 12.5 Å². The Bertz CT molecular complexity index is 415. The molecule has 0 amide bonds. The Morgan fingerprint density at radius 1 is 1.44 bits per heavy atom. The Morgan fingerprint density at radius 2 is 2.17 bits per heavy atom. The molecule has 0 radical (unpaired) electrons. The average Bonchev–Trinajstić information content (AvgIpc) is 2.96. The van der Waals surface area contributed by atoms with Crippen LogP contribution in [-0.2, 0) is 22.5 Å². The molecule has 2 rings (SSSR count). The molecule has 2 heterocycles. The highest BCUT2D eigenvalue weighted by molar-refractivity contribution is 5.71. The third kappa shape index (κ3) is 2.73. The summed E-state index contributed by atoms with van der Waals surface area (Å²) in [6, 6.07) is 3.82. The van der Waals surface area contributed by atoms with E-state index in [-0.39, 0.29) is 6.04 Å². The topological polar surface area (TPSA) is 62.9 Å². The Labute approximate surface area is 106 Å². The van der Waals surface area contributed by atoms with Crippen molar-refractivity contribution in [2.75, 3.05) is 20.3 Å². The number of carboxylic acid groups (broad SMARTS) is 1. The van der Waals surface area contributed by atoms with Crippen molar-refractivity contribution in [2.24, 2.45) is 5.92 Å². The molecule has 1 N–H and O–H groups in total. The molecule has 5 nitrogen and oxygen atoms in total. The smallest absolute Gasteiger partial charge is 0.310 e. The van der Waals surface area contributed by atoms with Gasteiger partial charge in [-0.15, -0.1) is 0 Å². The summed E-state index contributed by atoms with van der Waals surface area (Å²) in [6.07, 6.45) is 0.869. The summed E-state index contributed by atoms with van der Waals surface area (Å²) in [6.45, 7) is 3.41. The van der Waals surface area contributed by atoms with E-state index in [0.717, 1.165) is 17.9 Å².